The van der Waals surface area contributed by atoms with Crippen LogP contribution in [0.2, 0.25) is 0 Å². The van der Waals surface area contributed by atoms with Crippen LogP contribution in [0.1, 0.15) is 60.3 Å². The van der Waals surface area contributed by atoms with E-state index < -0.39 is 50.9 Å². The van der Waals surface area contributed by atoms with Crippen LogP contribution >= 0.6 is 0 Å². The standard InChI is InChI=1S/C32H37FN4O8S/c1-18(2)46(42,43)28-11-9-23(36(3)32(40)41)17-24(28)25-7-6-12-37(25)31(39)29(19-8-10-26(44-4)27(15-19)45-5)35-22-14-20(30(34)38)13-21(33)16-22/h8-11,13-18,25,29,35H,6-7,12H2,1-5H3,(H2,34,38)(H,40,41)/t25-,29+/m1/s1. The Kier molecular flexibility index (Phi) is 10.1. The molecule has 0 aromatic heterocycles. The zero-order valence-corrected chi connectivity index (χ0v) is 26.9. The molecule has 246 valence electrons. The number of nitrogens with zero attached hydrogens (tertiary/aromatic N) is 2. The van der Waals surface area contributed by atoms with E-state index in [4.69, 9.17) is 15.2 Å². The maximum Gasteiger partial charge on any atom is 0.411 e. The SMILES string of the molecule is COc1ccc([C@H](Nc2cc(F)cc(C(N)=O)c2)C(=O)N2CCC[C@@H]2c2cc(N(C)C(=O)O)ccc2S(=O)(=O)C(C)C)cc1OC. The molecule has 3 amide bonds. The number of benzene rings is 3. The predicted molar refractivity (Wildman–Crippen MR) is 170 cm³/mol. The first-order valence-electron chi connectivity index (χ1n) is 14.4. The highest BCUT2D eigenvalue weighted by molar-refractivity contribution is 7.92. The molecule has 0 unspecified atom stereocenters. The molecule has 4 N–H and O–H groups in total. The predicted octanol–water partition coefficient (Wildman–Crippen LogP) is 4.76. The summed E-state index contributed by atoms with van der Waals surface area (Å²) in [5.74, 6) is -1.37. The Labute approximate surface area is 266 Å². The van der Waals surface area contributed by atoms with Crippen LogP contribution in [-0.4, -0.2) is 69.4 Å². The van der Waals surface area contributed by atoms with E-state index in [1.54, 1.807) is 32.0 Å². The van der Waals surface area contributed by atoms with Crippen LogP contribution in [0, 0.1) is 5.82 Å². The third-order valence-electron chi connectivity index (χ3n) is 7.97. The van der Waals surface area contributed by atoms with Crippen LogP contribution in [0.25, 0.3) is 0 Å². The van der Waals surface area contributed by atoms with Gasteiger partial charge in [0.15, 0.2) is 21.3 Å². The minimum atomic E-state index is -3.85. The number of rotatable bonds is 11. The van der Waals surface area contributed by atoms with Crippen molar-refractivity contribution in [1.82, 2.24) is 4.90 Å². The number of ether oxygens (including phenoxy) is 2. The molecule has 1 aliphatic heterocycles. The minimum absolute atomic E-state index is 0.00148. The number of amides is 3. The van der Waals surface area contributed by atoms with Gasteiger partial charge in [-0.25, -0.2) is 17.6 Å². The summed E-state index contributed by atoms with van der Waals surface area (Å²) in [7, 11) is 0.390. The van der Waals surface area contributed by atoms with Gasteiger partial charge in [0, 0.05) is 30.5 Å². The molecular formula is C32H37FN4O8S. The van der Waals surface area contributed by atoms with E-state index in [2.05, 4.69) is 5.32 Å². The molecule has 0 spiro atoms. The van der Waals surface area contributed by atoms with Gasteiger partial charge in [0.05, 0.1) is 30.4 Å². The lowest BCUT2D eigenvalue weighted by atomic mass is 10.00. The number of sulfone groups is 1. The number of anilines is 2. The zero-order valence-electron chi connectivity index (χ0n) is 26.1. The summed E-state index contributed by atoms with van der Waals surface area (Å²) in [5, 5.41) is 11.9. The molecule has 0 radical (unpaired) electrons. The molecule has 1 aliphatic rings. The highest BCUT2D eigenvalue weighted by atomic mass is 32.2. The Morgan fingerprint density at radius 1 is 1.04 bits per heavy atom. The van der Waals surface area contributed by atoms with Crippen LogP contribution in [0.3, 0.4) is 0 Å². The molecule has 0 bridgehead atoms. The number of hydrogen-bond donors (Lipinski definition) is 3. The second-order valence-corrected chi connectivity index (χ2v) is 13.6. The zero-order chi connectivity index (χ0) is 33.9. The van der Waals surface area contributed by atoms with Gasteiger partial charge in [0.25, 0.3) is 0 Å². The molecule has 3 aromatic carbocycles. The monoisotopic (exact) mass is 656 g/mol. The van der Waals surface area contributed by atoms with E-state index in [-0.39, 0.29) is 33.9 Å². The van der Waals surface area contributed by atoms with Crippen molar-refractivity contribution in [3.63, 3.8) is 0 Å². The summed E-state index contributed by atoms with van der Waals surface area (Å²) in [4.78, 5) is 40.7. The maximum atomic E-state index is 14.6. The van der Waals surface area contributed by atoms with Gasteiger partial charge in [0.1, 0.15) is 11.9 Å². The Balaban J connectivity index is 1.86. The molecule has 0 saturated carbocycles. The first-order valence-corrected chi connectivity index (χ1v) is 16.0. The molecule has 2 atom stereocenters. The number of halogens is 1. The molecule has 46 heavy (non-hydrogen) atoms. The fraction of sp³-hybridized carbons (Fsp3) is 0.344. The number of likely N-dealkylation sites (tertiary alicyclic amines) is 1. The Bertz CT molecular complexity index is 1760. The molecule has 1 saturated heterocycles. The van der Waals surface area contributed by atoms with Gasteiger partial charge in [0.2, 0.25) is 11.8 Å². The van der Waals surface area contributed by atoms with Crippen molar-refractivity contribution in [2.45, 2.75) is 48.9 Å². The number of carbonyl (C=O) groups is 3. The van der Waals surface area contributed by atoms with Gasteiger partial charge in [-0.1, -0.05) is 6.07 Å². The first kappa shape index (κ1) is 34.0. The minimum Gasteiger partial charge on any atom is -0.493 e. The number of carboxylic acid groups (broad SMARTS) is 1. The van der Waals surface area contributed by atoms with Gasteiger partial charge in [-0.2, -0.15) is 0 Å². The van der Waals surface area contributed by atoms with E-state index in [0.29, 0.717) is 29.9 Å². The van der Waals surface area contributed by atoms with E-state index in [9.17, 15) is 32.3 Å². The van der Waals surface area contributed by atoms with E-state index in [0.717, 1.165) is 17.0 Å². The van der Waals surface area contributed by atoms with Gasteiger partial charge >= 0.3 is 6.09 Å². The molecule has 3 aromatic rings. The second kappa shape index (κ2) is 13.6. The second-order valence-electron chi connectivity index (χ2n) is 11.1. The third-order valence-corrected chi connectivity index (χ3v) is 10.2. The molecule has 12 nitrogen and oxygen atoms in total. The molecule has 0 aliphatic carbocycles. The highest BCUT2D eigenvalue weighted by Crippen LogP contribution is 2.41. The third kappa shape index (κ3) is 6.86. The molecule has 1 fully saturated rings. The Hall–Kier alpha value is -4.85. The largest absolute Gasteiger partial charge is 0.493 e. The van der Waals surface area contributed by atoms with Crippen LogP contribution in [0.4, 0.5) is 20.6 Å². The normalized spacial score (nSPS) is 15.4. The van der Waals surface area contributed by atoms with Crippen LogP contribution in [0.5, 0.6) is 11.5 Å². The smallest absolute Gasteiger partial charge is 0.411 e. The summed E-state index contributed by atoms with van der Waals surface area (Å²) in [6, 6.07) is 10.6. The maximum absolute atomic E-state index is 14.6. The van der Waals surface area contributed by atoms with Gasteiger partial charge < -0.3 is 30.5 Å². The number of primary amides is 1. The molecule has 14 heteroatoms. The number of nitrogens with two attached hydrogens (primary N) is 1. The summed E-state index contributed by atoms with van der Waals surface area (Å²) in [6.45, 7) is 3.35. The van der Waals surface area contributed by atoms with Gasteiger partial charge in [-0.15, -0.1) is 0 Å². The first-order chi connectivity index (χ1) is 21.7. The van der Waals surface area contributed by atoms with Crippen molar-refractivity contribution >= 4 is 39.1 Å². The van der Waals surface area contributed by atoms with Crippen molar-refractivity contribution < 1.29 is 41.8 Å². The summed E-state index contributed by atoms with van der Waals surface area (Å²) in [5.41, 5.74) is 6.33. The lowest BCUT2D eigenvalue weighted by Gasteiger charge is -2.32. The van der Waals surface area contributed by atoms with Gasteiger partial charge in [-0.05, 0) is 86.3 Å². The van der Waals surface area contributed by atoms with Gasteiger partial charge in [-0.3, -0.25) is 14.5 Å². The summed E-state index contributed by atoms with van der Waals surface area (Å²) < 4.78 is 52.4. The topological polar surface area (TPSA) is 169 Å². The number of carbonyl (C=O) groups excluding carboxylic acids is 2. The van der Waals surface area contributed by atoms with E-state index in [1.165, 1.54) is 50.4 Å². The van der Waals surface area contributed by atoms with Crippen LogP contribution in [-0.2, 0) is 14.6 Å². The number of nitrogens with one attached hydrogen (secondary N) is 1. The average Bonchev–Trinajstić information content (AvgIpc) is 3.52. The lowest BCUT2D eigenvalue weighted by Crippen LogP contribution is -2.38. The summed E-state index contributed by atoms with van der Waals surface area (Å²) >= 11 is 0. The van der Waals surface area contributed by atoms with Crippen LogP contribution in [0.15, 0.2) is 59.5 Å². The van der Waals surface area contributed by atoms with Crippen molar-refractivity contribution in [3.05, 3.63) is 77.1 Å². The highest BCUT2D eigenvalue weighted by Gasteiger charge is 2.38. The summed E-state index contributed by atoms with van der Waals surface area (Å²) in [6.07, 6.45) is -0.314. The Morgan fingerprint density at radius 2 is 1.74 bits per heavy atom. The fourth-order valence-corrected chi connectivity index (χ4v) is 6.74. The van der Waals surface area contributed by atoms with Crippen molar-refractivity contribution in [1.29, 1.82) is 0 Å². The fourth-order valence-electron chi connectivity index (χ4n) is 5.45. The van der Waals surface area contributed by atoms with Crippen molar-refractivity contribution in [2.75, 3.05) is 38.0 Å². The van der Waals surface area contributed by atoms with E-state index in [1.807, 2.05) is 0 Å². The molecular weight excluding hydrogens is 619 g/mol. The van der Waals surface area contributed by atoms with E-state index >= 15 is 0 Å². The van der Waals surface area contributed by atoms with Crippen molar-refractivity contribution in [3.8, 4) is 11.5 Å². The molecule has 1 heterocycles. The van der Waals surface area contributed by atoms with Crippen LogP contribution < -0.4 is 25.4 Å². The molecule has 4 rings (SSSR count). The Morgan fingerprint density at radius 3 is 2.35 bits per heavy atom. The average molecular weight is 657 g/mol. The lowest BCUT2D eigenvalue weighted by molar-refractivity contribution is -0.133. The quantitative estimate of drug-likeness (QED) is 0.264. The van der Waals surface area contributed by atoms with Crippen molar-refractivity contribution in [2.24, 2.45) is 5.73 Å². The number of methoxy groups -OCH3 is 2. The number of hydrogen-bond acceptors (Lipinski definition) is 8.